The van der Waals surface area contributed by atoms with Crippen molar-refractivity contribution in [3.05, 3.63) is 94.8 Å². The summed E-state index contributed by atoms with van der Waals surface area (Å²) in [6, 6.07) is 14.6. The fourth-order valence-corrected chi connectivity index (χ4v) is 4.63. The van der Waals surface area contributed by atoms with Crippen LogP contribution < -0.4 is 4.90 Å². The van der Waals surface area contributed by atoms with Crippen molar-refractivity contribution in [1.29, 1.82) is 0 Å². The van der Waals surface area contributed by atoms with Gasteiger partial charge in [0, 0.05) is 54.6 Å². The summed E-state index contributed by atoms with van der Waals surface area (Å²) in [5.74, 6) is -2.93. The second-order valence-electron chi connectivity index (χ2n) is 8.85. The number of carbonyl (C=O) groups is 1. The molecule has 1 atom stereocenters. The molecule has 182 valence electrons. The summed E-state index contributed by atoms with van der Waals surface area (Å²) >= 11 is 0. The van der Waals surface area contributed by atoms with Gasteiger partial charge in [0.2, 0.25) is 0 Å². The largest absolute Gasteiger partial charge is 0.481 e. The third-order valence-electron chi connectivity index (χ3n) is 6.59. The lowest BCUT2D eigenvalue weighted by Crippen LogP contribution is -2.36. The number of hydrogen-bond donors (Lipinski definition) is 2. The van der Waals surface area contributed by atoms with Crippen LogP contribution in [0, 0.1) is 24.5 Å². The molecule has 0 amide bonds. The van der Waals surface area contributed by atoms with E-state index in [1.54, 1.807) is 18.3 Å². The number of rotatable bonds is 7. The topological polar surface area (TPSA) is 86.0 Å². The Hall–Kier alpha value is -3.81. The molecule has 35 heavy (non-hydrogen) atoms. The minimum absolute atomic E-state index is 0.186. The first-order valence-electron chi connectivity index (χ1n) is 11.5. The molecule has 8 heteroatoms. The quantitative estimate of drug-likeness (QED) is 0.270. The average Bonchev–Trinajstić information content (AvgIpc) is 2.86. The monoisotopic (exact) mass is 479 g/mol. The van der Waals surface area contributed by atoms with Crippen LogP contribution in [0.2, 0.25) is 0 Å². The smallest absolute Gasteiger partial charge is 0.306 e. The molecule has 0 aliphatic carbocycles. The van der Waals surface area contributed by atoms with E-state index in [1.165, 1.54) is 12.1 Å². The molecular weight excluding hydrogens is 452 g/mol. The van der Waals surface area contributed by atoms with E-state index >= 15 is 0 Å². The number of piperidine rings is 1. The number of halogens is 2. The van der Waals surface area contributed by atoms with E-state index in [0.29, 0.717) is 42.8 Å². The summed E-state index contributed by atoms with van der Waals surface area (Å²) in [4.78, 5) is 17.5. The van der Waals surface area contributed by atoms with Crippen molar-refractivity contribution in [1.82, 2.24) is 4.98 Å². The normalized spacial score (nSPS) is 15.7. The van der Waals surface area contributed by atoms with Gasteiger partial charge in [0.1, 0.15) is 11.6 Å². The fourth-order valence-electron chi connectivity index (χ4n) is 4.63. The molecule has 1 aliphatic rings. The van der Waals surface area contributed by atoms with E-state index in [1.807, 2.05) is 31.2 Å². The number of nitrogens with zero attached hydrogens (tertiary/aromatic N) is 3. The number of benzene rings is 2. The number of carboxylic acids is 1. The Labute approximate surface area is 202 Å². The van der Waals surface area contributed by atoms with E-state index in [-0.39, 0.29) is 12.3 Å². The van der Waals surface area contributed by atoms with Crippen molar-refractivity contribution in [3.63, 3.8) is 0 Å². The van der Waals surface area contributed by atoms with Crippen molar-refractivity contribution in [2.45, 2.75) is 32.1 Å². The Balaban J connectivity index is 1.63. The molecule has 0 spiro atoms. The summed E-state index contributed by atoms with van der Waals surface area (Å²) in [7, 11) is 0. The van der Waals surface area contributed by atoms with Gasteiger partial charge in [0.15, 0.2) is 0 Å². The van der Waals surface area contributed by atoms with E-state index in [0.717, 1.165) is 23.0 Å². The standard InChI is InChI=1S/C27H27F2N3O3/c1-17-14-20(8-11-30-17)26(31-35)16-24(23-7-4-21(28)15-25(23)29)18-2-5-22(6-3-18)32-12-9-19(10-13-32)27(33)34/h2-8,11,14-15,19,24,35H,9-10,12-13,16H2,1H3,(H,33,34)/b31-26-. The zero-order valence-electron chi connectivity index (χ0n) is 19.4. The molecule has 1 aromatic heterocycles. The Morgan fingerprint density at radius 1 is 1.11 bits per heavy atom. The van der Waals surface area contributed by atoms with Crippen LogP contribution in [0.5, 0.6) is 0 Å². The van der Waals surface area contributed by atoms with Crippen molar-refractivity contribution in [2.75, 3.05) is 18.0 Å². The number of oxime groups is 1. The van der Waals surface area contributed by atoms with Crippen LogP contribution in [0.15, 0.2) is 65.9 Å². The van der Waals surface area contributed by atoms with Gasteiger partial charge in [-0.05, 0) is 61.2 Å². The first-order chi connectivity index (χ1) is 16.9. The van der Waals surface area contributed by atoms with Crippen molar-refractivity contribution in [2.24, 2.45) is 11.1 Å². The summed E-state index contributed by atoms with van der Waals surface area (Å²) in [5.41, 5.74) is 3.83. The van der Waals surface area contributed by atoms with E-state index in [9.17, 15) is 23.9 Å². The highest BCUT2D eigenvalue weighted by atomic mass is 19.1. The minimum Gasteiger partial charge on any atom is -0.481 e. The molecule has 0 bridgehead atoms. The molecule has 2 N–H and O–H groups in total. The van der Waals surface area contributed by atoms with E-state index in [4.69, 9.17) is 0 Å². The molecular formula is C27H27F2N3O3. The highest BCUT2D eigenvalue weighted by molar-refractivity contribution is 6.00. The summed E-state index contributed by atoms with van der Waals surface area (Å²) < 4.78 is 28.5. The zero-order chi connectivity index (χ0) is 24.9. The van der Waals surface area contributed by atoms with Crippen LogP contribution in [0.25, 0.3) is 0 Å². The van der Waals surface area contributed by atoms with Crippen molar-refractivity contribution in [3.8, 4) is 0 Å². The molecule has 0 saturated carbocycles. The number of aromatic nitrogens is 1. The second-order valence-corrected chi connectivity index (χ2v) is 8.85. The Bertz CT molecular complexity index is 1220. The van der Waals surface area contributed by atoms with E-state index < -0.39 is 23.5 Å². The van der Waals surface area contributed by atoms with Crippen LogP contribution >= 0.6 is 0 Å². The lowest BCUT2D eigenvalue weighted by Gasteiger charge is -2.32. The minimum atomic E-state index is -0.755. The van der Waals surface area contributed by atoms with Gasteiger partial charge in [-0.1, -0.05) is 23.4 Å². The lowest BCUT2D eigenvalue weighted by molar-refractivity contribution is -0.142. The molecule has 0 radical (unpaired) electrons. The number of hydrogen-bond acceptors (Lipinski definition) is 5. The van der Waals surface area contributed by atoms with Crippen molar-refractivity contribution >= 4 is 17.4 Å². The molecule has 2 heterocycles. The molecule has 6 nitrogen and oxygen atoms in total. The van der Waals surface area contributed by atoms with Crippen LogP contribution in [0.4, 0.5) is 14.5 Å². The summed E-state index contributed by atoms with van der Waals surface area (Å²) in [6.45, 7) is 3.12. The number of anilines is 1. The highest BCUT2D eigenvalue weighted by Gasteiger charge is 2.26. The lowest BCUT2D eigenvalue weighted by atomic mass is 9.85. The third kappa shape index (κ3) is 5.65. The molecule has 1 aliphatic heterocycles. The van der Waals surface area contributed by atoms with Gasteiger partial charge in [0.05, 0.1) is 11.6 Å². The Morgan fingerprint density at radius 2 is 1.83 bits per heavy atom. The van der Waals surface area contributed by atoms with Gasteiger partial charge in [-0.15, -0.1) is 0 Å². The van der Waals surface area contributed by atoms with Crippen LogP contribution in [0.3, 0.4) is 0 Å². The maximum Gasteiger partial charge on any atom is 0.306 e. The predicted molar refractivity (Wildman–Crippen MR) is 129 cm³/mol. The van der Waals surface area contributed by atoms with Gasteiger partial charge in [-0.3, -0.25) is 9.78 Å². The molecule has 1 fully saturated rings. The molecule has 1 saturated heterocycles. The fraction of sp³-hybridized carbons (Fsp3) is 0.296. The van der Waals surface area contributed by atoms with Gasteiger partial charge < -0.3 is 15.2 Å². The summed E-state index contributed by atoms with van der Waals surface area (Å²) in [6.07, 6.45) is 2.97. The number of aliphatic carboxylic acids is 1. The molecule has 3 aromatic rings. The third-order valence-corrected chi connectivity index (χ3v) is 6.59. The number of carboxylic acid groups (broad SMARTS) is 1. The van der Waals surface area contributed by atoms with Crippen LogP contribution in [-0.2, 0) is 4.79 Å². The van der Waals surface area contributed by atoms with Gasteiger partial charge in [0.25, 0.3) is 0 Å². The second kappa shape index (κ2) is 10.6. The first-order valence-corrected chi connectivity index (χ1v) is 11.5. The van der Waals surface area contributed by atoms with Gasteiger partial charge in [-0.2, -0.15) is 0 Å². The average molecular weight is 480 g/mol. The Kier molecular flexibility index (Phi) is 7.39. The van der Waals surface area contributed by atoms with E-state index in [2.05, 4.69) is 15.0 Å². The zero-order valence-corrected chi connectivity index (χ0v) is 19.4. The Morgan fingerprint density at radius 3 is 2.43 bits per heavy atom. The summed E-state index contributed by atoms with van der Waals surface area (Å²) in [5, 5.41) is 22.5. The van der Waals surface area contributed by atoms with Gasteiger partial charge in [-0.25, -0.2) is 8.78 Å². The first kappa shape index (κ1) is 24.3. The molecule has 1 unspecified atom stereocenters. The van der Waals surface area contributed by atoms with Crippen LogP contribution in [-0.4, -0.2) is 40.1 Å². The van der Waals surface area contributed by atoms with Crippen LogP contribution in [0.1, 0.15) is 47.6 Å². The number of aryl methyl sites for hydroxylation is 1. The highest BCUT2D eigenvalue weighted by Crippen LogP contribution is 2.34. The SMILES string of the molecule is Cc1cc(/C(CC(c2ccc(N3CCC(C(=O)O)CC3)cc2)c2ccc(F)cc2F)=N\O)ccn1. The maximum atomic E-state index is 14.9. The predicted octanol–water partition coefficient (Wildman–Crippen LogP) is 5.37. The van der Waals surface area contributed by atoms with Gasteiger partial charge >= 0.3 is 5.97 Å². The molecule has 2 aromatic carbocycles. The maximum absolute atomic E-state index is 14.9. The molecule has 4 rings (SSSR count). The number of pyridine rings is 1. The van der Waals surface area contributed by atoms with Crippen molar-refractivity contribution < 1.29 is 23.9 Å².